The number of nitrogens with one attached hydrogen (secondary N) is 2. The molecule has 8 rings (SSSR count). The minimum atomic E-state index is -1.58. The van der Waals surface area contributed by atoms with Gasteiger partial charge >= 0.3 is 0 Å². The Hall–Kier alpha value is -1.83. The highest BCUT2D eigenvalue weighted by atomic mass is 16.5. The summed E-state index contributed by atoms with van der Waals surface area (Å²) in [6, 6.07) is 0. The van der Waals surface area contributed by atoms with Crippen molar-refractivity contribution in [2.45, 2.75) is 197 Å². The Kier molecular flexibility index (Phi) is 12.4. The summed E-state index contributed by atoms with van der Waals surface area (Å²) in [4.78, 5) is 15.3. The van der Waals surface area contributed by atoms with Gasteiger partial charge in [-0.25, -0.2) is 0 Å². The van der Waals surface area contributed by atoms with Crippen LogP contribution in [0.2, 0.25) is 0 Å². The molecule has 10 N–H and O–H groups in total. The van der Waals surface area contributed by atoms with Crippen LogP contribution in [0, 0.1) is 52.3 Å². The molecule has 0 aromatic heterocycles. The van der Waals surface area contributed by atoms with E-state index in [9.17, 15) is 30.6 Å². The number of hydrogen-bond acceptors (Lipinski definition) is 11. The molecular weight excluding hydrogens is 747 g/mol. The van der Waals surface area contributed by atoms with Crippen LogP contribution in [0.15, 0.2) is 35.2 Å². The molecular formula is C48H77N3O8. The largest absolute Gasteiger partial charge is 0.392 e. The maximum Gasteiger partial charge on any atom is 0.182 e. The SMILES string of the molecule is CCC[C@H]1CC[C@H]2[C@H](C)[C@H]([C@@H](O)[C@](C)(O)[C@H]3CC[C@@]4(O)C5=C(NC[C@H](C)O)C(=O)[C@@H]6C[C@@H](O)[C@@H](O)C[C@]6(CCC6=CNC(N)C=C6)[C@H]5CC[C@]34C3CCCC3)O[C@@H]2CC1. The third-order valence-electron chi connectivity index (χ3n) is 18.2. The number of carbonyl (C=O) groups is 1. The van der Waals surface area contributed by atoms with Gasteiger partial charge in [-0.05, 0) is 155 Å². The Labute approximate surface area is 352 Å². The first-order valence-corrected chi connectivity index (χ1v) is 23.8. The van der Waals surface area contributed by atoms with E-state index in [0.29, 0.717) is 55.7 Å². The summed E-state index contributed by atoms with van der Waals surface area (Å²) in [5.74, 6) is -0.296. The van der Waals surface area contributed by atoms with E-state index in [4.69, 9.17) is 10.5 Å². The third-order valence-corrected chi connectivity index (χ3v) is 18.2. The normalized spacial score (nSPS) is 45.6. The fourth-order valence-corrected chi connectivity index (χ4v) is 15.4. The summed E-state index contributed by atoms with van der Waals surface area (Å²) in [5, 5.41) is 79.5. The second-order valence-corrected chi connectivity index (χ2v) is 21.2. The van der Waals surface area contributed by atoms with Crippen LogP contribution in [0.3, 0.4) is 0 Å². The number of fused-ring (bicyclic) bond motifs is 6. The zero-order chi connectivity index (χ0) is 42.1. The van der Waals surface area contributed by atoms with E-state index >= 15 is 4.79 Å². The number of aliphatic hydroxyl groups excluding tert-OH is 4. The highest BCUT2D eigenvalue weighted by Gasteiger charge is 2.74. The van der Waals surface area contributed by atoms with E-state index in [1.807, 2.05) is 18.4 Å². The fraction of sp³-hybridized carbons (Fsp3) is 0.854. The van der Waals surface area contributed by atoms with Crippen molar-refractivity contribution < 1.29 is 40.2 Å². The van der Waals surface area contributed by atoms with Gasteiger partial charge in [0.25, 0.3) is 0 Å². The van der Waals surface area contributed by atoms with Crippen molar-refractivity contribution in [2.75, 3.05) is 6.54 Å². The maximum atomic E-state index is 15.3. The van der Waals surface area contributed by atoms with Gasteiger partial charge < -0.3 is 51.7 Å². The first-order valence-electron chi connectivity index (χ1n) is 23.8. The molecule has 59 heavy (non-hydrogen) atoms. The molecule has 11 heteroatoms. The third kappa shape index (κ3) is 7.21. The summed E-state index contributed by atoms with van der Waals surface area (Å²) in [6.07, 6.45) is 15.5. The van der Waals surface area contributed by atoms with Crippen LogP contribution < -0.4 is 16.4 Å². The van der Waals surface area contributed by atoms with Crippen molar-refractivity contribution in [2.24, 2.45) is 58.0 Å². The van der Waals surface area contributed by atoms with Crippen molar-refractivity contribution >= 4 is 5.78 Å². The summed E-state index contributed by atoms with van der Waals surface area (Å²) in [5.41, 5.74) is 3.50. The Morgan fingerprint density at radius 2 is 1.78 bits per heavy atom. The van der Waals surface area contributed by atoms with Crippen LogP contribution in [0.4, 0.5) is 0 Å². The average molecular weight is 824 g/mol. The topological polar surface area (TPSA) is 198 Å². The molecule has 0 spiro atoms. The molecule has 2 aliphatic heterocycles. The van der Waals surface area contributed by atoms with Gasteiger partial charge in [-0.2, -0.15) is 0 Å². The van der Waals surface area contributed by atoms with Gasteiger partial charge in [0.05, 0.1) is 53.6 Å². The van der Waals surface area contributed by atoms with Gasteiger partial charge in [0, 0.05) is 24.1 Å². The molecule has 5 saturated carbocycles. The summed E-state index contributed by atoms with van der Waals surface area (Å²) in [7, 11) is 0. The van der Waals surface area contributed by atoms with Gasteiger partial charge in [-0.3, -0.25) is 4.79 Å². The van der Waals surface area contributed by atoms with E-state index in [0.717, 1.165) is 56.4 Å². The molecule has 6 aliphatic carbocycles. The average Bonchev–Trinajstić information content (AvgIpc) is 3.89. The van der Waals surface area contributed by atoms with E-state index in [1.165, 1.54) is 19.3 Å². The van der Waals surface area contributed by atoms with Crippen LogP contribution >= 0.6 is 0 Å². The zero-order valence-electron chi connectivity index (χ0n) is 36.3. The molecule has 11 nitrogen and oxygen atoms in total. The summed E-state index contributed by atoms with van der Waals surface area (Å²) in [6.45, 7) is 8.05. The van der Waals surface area contributed by atoms with E-state index in [-0.39, 0.29) is 55.2 Å². The second kappa shape index (κ2) is 16.7. The van der Waals surface area contributed by atoms with Crippen molar-refractivity contribution in [1.82, 2.24) is 10.6 Å². The van der Waals surface area contributed by atoms with Crippen LogP contribution in [0.25, 0.3) is 0 Å². The standard InChI is InChI=1S/C48H77N3O8/c1-5-8-29-11-14-32-28(3)43(59-37(32)15-12-29)44(56)45(4,57)38-19-22-48(58)40-33(18-21-47(38,48)31-9-6-7-10-31)46(20-17-30-13-16-39(49)50-26-30)24-36(54)35(53)23-34(46)42(55)41(40)51-25-27(2)52/h13,16,26-29,31-39,43-44,50-54,56-58H,5-12,14-15,17-25,49H2,1-4H3/t27-,28-,29-,32-,33-,34-,35+,36-,37+,38+,39?,43+,44+,45+,46+,47-,48+/m0/s1. The van der Waals surface area contributed by atoms with Gasteiger partial charge in [0.2, 0.25) is 0 Å². The van der Waals surface area contributed by atoms with E-state index in [1.54, 1.807) is 13.8 Å². The highest BCUT2D eigenvalue weighted by molar-refractivity contribution is 6.00. The van der Waals surface area contributed by atoms with Crippen molar-refractivity contribution in [3.8, 4) is 0 Å². The van der Waals surface area contributed by atoms with Gasteiger partial charge in [0.15, 0.2) is 5.78 Å². The first kappa shape index (κ1) is 43.8. The smallest absolute Gasteiger partial charge is 0.182 e. The molecule has 0 aromatic carbocycles. The zero-order valence-corrected chi connectivity index (χ0v) is 36.3. The number of ketones is 1. The van der Waals surface area contributed by atoms with E-state index in [2.05, 4.69) is 24.5 Å². The molecule has 0 aromatic rings. The number of aliphatic hydroxyl groups is 6. The maximum absolute atomic E-state index is 15.3. The van der Waals surface area contributed by atoms with Gasteiger partial charge in [0.1, 0.15) is 6.10 Å². The van der Waals surface area contributed by atoms with Crippen LogP contribution in [-0.4, -0.2) is 97.0 Å². The number of carbonyl (C=O) groups excluding carboxylic acids is 1. The Morgan fingerprint density at radius 1 is 1.03 bits per heavy atom. The number of rotatable bonds is 12. The van der Waals surface area contributed by atoms with Crippen molar-refractivity contribution in [3.05, 3.63) is 35.2 Å². The molecule has 0 amide bonds. The lowest BCUT2D eigenvalue weighted by Gasteiger charge is -2.64. The molecule has 6 fully saturated rings. The lowest BCUT2D eigenvalue weighted by molar-refractivity contribution is -0.217. The van der Waals surface area contributed by atoms with E-state index < -0.39 is 64.4 Å². The van der Waals surface area contributed by atoms with Gasteiger partial charge in [-0.15, -0.1) is 0 Å². The molecule has 8 aliphatic rings. The van der Waals surface area contributed by atoms with Crippen molar-refractivity contribution in [3.63, 3.8) is 0 Å². The molecule has 0 bridgehead atoms. The second-order valence-electron chi connectivity index (χ2n) is 21.2. The molecule has 1 unspecified atom stereocenters. The minimum Gasteiger partial charge on any atom is -0.392 e. The predicted molar refractivity (Wildman–Crippen MR) is 226 cm³/mol. The fourth-order valence-electron chi connectivity index (χ4n) is 15.4. The number of Topliss-reactive ketones (excluding diaryl/α,β-unsaturated/α-hetero) is 1. The molecule has 332 valence electrons. The lowest BCUT2D eigenvalue weighted by atomic mass is 9.41. The Morgan fingerprint density at radius 3 is 2.47 bits per heavy atom. The summed E-state index contributed by atoms with van der Waals surface area (Å²) < 4.78 is 6.83. The minimum absolute atomic E-state index is 0.0730. The number of ether oxygens (including phenoxy) is 1. The number of hydrogen-bond donors (Lipinski definition) is 9. The number of allylic oxidation sites excluding steroid dienone is 3. The lowest BCUT2D eigenvalue weighted by Crippen LogP contribution is -2.67. The van der Waals surface area contributed by atoms with Crippen LogP contribution in [0.1, 0.15) is 143 Å². The summed E-state index contributed by atoms with van der Waals surface area (Å²) >= 11 is 0. The molecule has 17 atom stereocenters. The van der Waals surface area contributed by atoms with Crippen LogP contribution in [0.5, 0.6) is 0 Å². The monoisotopic (exact) mass is 824 g/mol. The number of nitrogens with two attached hydrogens (primary N) is 1. The van der Waals surface area contributed by atoms with Crippen LogP contribution in [-0.2, 0) is 9.53 Å². The van der Waals surface area contributed by atoms with Gasteiger partial charge in [-0.1, -0.05) is 52.0 Å². The molecule has 0 radical (unpaired) electrons. The Bertz CT molecular complexity index is 1640. The molecule has 1 saturated heterocycles. The highest BCUT2D eigenvalue weighted by Crippen LogP contribution is 2.74. The first-order chi connectivity index (χ1) is 28.1. The van der Waals surface area contributed by atoms with Crippen molar-refractivity contribution in [1.29, 1.82) is 0 Å². The quantitative estimate of drug-likeness (QED) is 0.130. The Balaban J connectivity index is 1.19. The number of dihydropyridines is 1. The predicted octanol–water partition coefficient (Wildman–Crippen LogP) is 4.87. The molecule has 2 heterocycles.